The van der Waals surface area contributed by atoms with Crippen molar-refractivity contribution >= 4 is 40.3 Å². The Morgan fingerprint density at radius 2 is 2.25 bits per heavy atom. The number of benzene rings is 1. The molecule has 0 spiro atoms. The summed E-state index contributed by atoms with van der Waals surface area (Å²) in [7, 11) is 0. The minimum atomic E-state index is -0.212. The van der Waals surface area contributed by atoms with Crippen LogP contribution in [0.2, 0.25) is 0 Å². The average Bonchev–Trinajstić information content (AvgIpc) is 2.51. The molecular formula is C11H9NO2S2. The van der Waals surface area contributed by atoms with Crippen molar-refractivity contribution in [2.45, 2.75) is 6.92 Å². The van der Waals surface area contributed by atoms with Crippen molar-refractivity contribution in [3.8, 4) is 5.75 Å². The quantitative estimate of drug-likeness (QED) is 0.593. The van der Waals surface area contributed by atoms with Crippen molar-refractivity contribution in [3.05, 3.63) is 34.2 Å². The summed E-state index contributed by atoms with van der Waals surface area (Å²) in [5, 5.41) is 12.2. The number of hydrogen-bond acceptors (Lipinski definition) is 4. The second-order valence-corrected chi connectivity index (χ2v) is 5.13. The van der Waals surface area contributed by atoms with E-state index in [1.807, 2.05) is 19.1 Å². The fourth-order valence-corrected chi connectivity index (χ4v) is 2.39. The van der Waals surface area contributed by atoms with E-state index in [0.717, 1.165) is 5.56 Å². The number of nitrogens with one attached hydrogen (secondary N) is 1. The normalized spacial score (nSPS) is 17.9. The summed E-state index contributed by atoms with van der Waals surface area (Å²) in [5.41, 5.74) is 1.65. The molecule has 0 aliphatic carbocycles. The third kappa shape index (κ3) is 2.25. The number of aryl methyl sites for hydroxylation is 1. The lowest BCUT2D eigenvalue weighted by molar-refractivity contribution is -0.115. The van der Waals surface area contributed by atoms with Crippen LogP contribution < -0.4 is 5.32 Å². The van der Waals surface area contributed by atoms with E-state index in [9.17, 15) is 9.90 Å². The minimum Gasteiger partial charge on any atom is -0.507 e. The maximum atomic E-state index is 11.4. The first-order valence-corrected chi connectivity index (χ1v) is 5.83. The standard InChI is InChI=1S/C11H9NO2S2/c1-6-2-3-8(13)7(4-6)5-9-10(14)12-11(15)16-9/h2-5,13H,1H3,(H,12,14,15)/b9-5-. The fourth-order valence-electron chi connectivity index (χ4n) is 1.35. The van der Waals surface area contributed by atoms with Gasteiger partial charge in [-0.25, -0.2) is 0 Å². The molecule has 82 valence electrons. The molecule has 0 atom stereocenters. The van der Waals surface area contributed by atoms with Crippen LogP contribution >= 0.6 is 24.0 Å². The average molecular weight is 251 g/mol. The molecule has 5 heteroatoms. The lowest BCUT2D eigenvalue weighted by Crippen LogP contribution is -2.17. The Morgan fingerprint density at radius 3 is 2.88 bits per heavy atom. The van der Waals surface area contributed by atoms with Gasteiger partial charge in [0.15, 0.2) is 0 Å². The number of carbonyl (C=O) groups is 1. The van der Waals surface area contributed by atoms with Gasteiger partial charge in [0.05, 0.1) is 4.91 Å². The van der Waals surface area contributed by atoms with Gasteiger partial charge in [-0.3, -0.25) is 4.79 Å². The molecule has 1 amide bonds. The first-order chi connectivity index (χ1) is 7.56. The Labute approximate surface area is 103 Å². The van der Waals surface area contributed by atoms with Gasteiger partial charge in [-0.1, -0.05) is 35.6 Å². The van der Waals surface area contributed by atoms with Gasteiger partial charge in [-0.2, -0.15) is 0 Å². The highest BCUT2D eigenvalue weighted by Crippen LogP contribution is 2.29. The molecule has 1 saturated heterocycles. The predicted octanol–water partition coefficient (Wildman–Crippen LogP) is 2.19. The molecule has 0 saturated carbocycles. The number of rotatable bonds is 1. The fraction of sp³-hybridized carbons (Fsp3) is 0.0909. The first kappa shape index (κ1) is 11.2. The van der Waals surface area contributed by atoms with E-state index in [1.54, 1.807) is 12.1 Å². The van der Waals surface area contributed by atoms with E-state index in [0.29, 0.717) is 14.8 Å². The van der Waals surface area contributed by atoms with E-state index in [1.165, 1.54) is 11.8 Å². The Balaban J connectivity index is 2.39. The molecule has 1 heterocycles. The van der Waals surface area contributed by atoms with Crippen LogP contribution in [0.5, 0.6) is 5.75 Å². The Hall–Kier alpha value is -1.33. The monoisotopic (exact) mass is 251 g/mol. The highest BCUT2D eigenvalue weighted by molar-refractivity contribution is 8.26. The molecule has 1 aromatic carbocycles. The smallest absolute Gasteiger partial charge is 0.263 e. The second kappa shape index (κ2) is 4.27. The van der Waals surface area contributed by atoms with Crippen LogP contribution in [0, 0.1) is 6.92 Å². The summed E-state index contributed by atoms with van der Waals surface area (Å²) >= 11 is 6.08. The molecule has 16 heavy (non-hydrogen) atoms. The van der Waals surface area contributed by atoms with Crippen LogP contribution in [0.25, 0.3) is 6.08 Å². The summed E-state index contributed by atoms with van der Waals surface area (Å²) < 4.78 is 0.448. The van der Waals surface area contributed by atoms with Crippen molar-refractivity contribution < 1.29 is 9.90 Å². The third-order valence-corrected chi connectivity index (χ3v) is 3.27. The number of carbonyl (C=O) groups excluding carboxylic acids is 1. The SMILES string of the molecule is Cc1ccc(O)c(/C=C2\SC(=S)NC2=O)c1. The van der Waals surface area contributed by atoms with Crippen LogP contribution in [0.4, 0.5) is 0 Å². The number of thiocarbonyl (C=S) groups is 1. The van der Waals surface area contributed by atoms with Gasteiger partial charge < -0.3 is 10.4 Å². The summed E-state index contributed by atoms with van der Waals surface area (Å²) in [6, 6.07) is 5.24. The van der Waals surface area contributed by atoms with Gasteiger partial charge in [0, 0.05) is 5.56 Å². The third-order valence-electron chi connectivity index (χ3n) is 2.11. The van der Waals surface area contributed by atoms with Crippen molar-refractivity contribution in [1.29, 1.82) is 0 Å². The van der Waals surface area contributed by atoms with Gasteiger partial charge >= 0.3 is 0 Å². The zero-order valence-electron chi connectivity index (χ0n) is 8.48. The first-order valence-electron chi connectivity index (χ1n) is 4.61. The van der Waals surface area contributed by atoms with Gasteiger partial charge in [0.1, 0.15) is 10.1 Å². The van der Waals surface area contributed by atoms with Crippen molar-refractivity contribution in [1.82, 2.24) is 5.32 Å². The highest BCUT2D eigenvalue weighted by atomic mass is 32.2. The lowest BCUT2D eigenvalue weighted by atomic mass is 10.1. The summed E-state index contributed by atoms with van der Waals surface area (Å²) in [6.45, 7) is 1.92. The van der Waals surface area contributed by atoms with Crippen molar-refractivity contribution in [3.63, 3.8) is 0 Å². The molecule has 1 aliphatic rings. The molecular weight excluding hydrogens is 242 g/mol. The summed E-state index contributed by atoms with van der Waals surface area (Å²) in [4.78, 5) is 11.9. The predicted molar refractivity (Wildman–Crippen MR) is 69.2 cm³/mol. The van der Waals surface area contributed by atoms with Crippen LogP contribution in [-0.4, -0.2) is 15.3 Å². The van der Waals surface area contributed by atoms with Crippen LogP contribution in [0.3, 0.4) is 0 Å². The van der Waals surface area contributed by atoms with Gasteiger partial charge in [-0.15, -0.1) is 0 Å². The summed E-state index contributed by atoms with van der Waals surface area (Å²) in [5.74, 6) is -0.0553. The molecule has 0 radical (unpaired) electrons. The molecule has 1 aliphatic heterocycles. The Kier molecular flexibility index (Phi) is 2.98. The Bertz CT molecular complexity index is 509. The maximum Gasteiger partial charge on any atom is 0.263 e. The molecule has 1 fully saturated rings. The topological polar surface area (TPSA) is 49.3 Å². The van der Waals surface area contributed by atoms with E-state index >= 15 is 0 Å². The molecule has 1 aromatic rings. The number of hydrogen-bond donors (Lipinski definition) is 2. The number of thioether (sulfide) groups is 1. The van der Waals surface area contributed by atoms with Gasteiger partial charge in [0.2, 0.25) is 0 Å². The largest absolute Gasteiger partial charge is 0.507 e. The van der Waals surface area contributed by atoms with Crippen molar-refractivity contribution in [2.24, 2.45) is 0 Å². The van der Waals surface area contributed by atoms with Crippen LogP contribution in [-0.2, 0) is 4.79 Å². The van der Waals surface area contributed by atoms with Gasteiger partial charge in [0.25, 0.3) is 5.91 Å². The van der Waals surface area contributed by atoms with Gasteiger partial charge in [-0.05, 0) is 25.1 Å². The van der Waals surface area contributed by atoms with Crippen LogP contribution in [0.1, 0.15) is 11.1 Å². The lowest BCUT2D eigenvalue weighted by Gasteiger charge is -2.01. The zero-order chi connectivity index (χ0) is 11.7. The molecule has 0 aromatic heterocycles. The Morgan fingerprint density at radius 1 is 1.50 bits per heavy atom. The second-order valence-electron chi connectivity index (χ2n) is 3.41. The number of phenolic OH excluding ortho intramolecular Hbond substituents is 1. The van der Waals surface area contributed by atoms with E-state index in [2.05, 4.69) is 5.32 Å². The number of amides is 1. The highest BCUT2D eigenvalue weighted by Gasteiger charge is 2.22. The molecule has 3 nitrogen and oxygen atoms in total. The van der Waals surface area contributed by atoms with E-state index in [4.69, 9.17) is 12.2 Å². The van der Waals surface area contributed by atoms with E-state index < -0.39 is 0 Å². The molecule has 0 bridgehead atoms. The maximum absolute atomic E-state index is 11.4. The summed E-state index contributed by atoms with van der Waals surface area (Å²) in [6.07, 6.45) is 1.64. The number of phenols is 1. The van der Waals surface area contributed by atoms with E-state index in [-0.39, 0.29) is 11.7 Å². The minimum absolute atomic E-state index is 0.157. The molecule has 2 N–H and O–H groups in total. The van der Waals surface area contributed by atoms with Crippen LogP contribution in [0.15, 0.2) is 23.1 Å². The molecule has 0 unspecified atom stereocenters. The zero-order valence-corrected chi connectivity index (χ0v) is 10.1. The number of aromatic hydroxyl groups is 1. The molecule has 2 rings (SSSR count). The van der Waals surface area contributed by atoms with Crippen molar-refractivity contribution in [2.75, 3.05) is 0 Å².